The predicted octanol–water partition coefficient (Wildman–Crippen LogP) is 2.30. The van der Waals surface area contributed by atoms with E-state index in [-0.39, 0.29) is 25.0 Å². The van der Waals surface area contributed by atoms with Gasteiger partial charge in [-0.1, -0.05) is 12.1 Å². The van der Waals surface area contributed by atoms with Crippen LogP contribution < -0.4 is 4.74 Å². The molecule has 1 N–H and O–H groups in total. The van der Waals surface area contributed by atoms with Gasteiger partial charge in [-0.15, -0.1) is 0 Å². The normalized spacial score (nSPS) is 33.1. The standard InChI is InChI=1S/C15H18F2O4S/c16-14(17)21-11-3-1-2-10(6-11)7-15(18)8-12-4-5-13(9-15)22(12,19)20/h1-3,6,12-14,18H,4-5,7-9H2. The van der Waals surface area contributed by atoms with Crippen LogP contribution in [0.5, 0.6) is 5.75 Å². The number of benzene rings is 1. The lowest BCUT2D eigenvalue weighted by Gasteiger charge is -2.36. The molecule has 3 rings (SSSR count). The van der Waals surface area contributed by atoms with Crippen LogP contribution >= 0.6 is 0 Å². The van der Waals surface area contributed by atoms with Gasteiger partial charge in [0, 0.05) is 6.42 Å². The number of rotatable bonds is 4. The molecule has 0 aromatic heterocycles. The number of halogens is 2. The summed E-state index contributed by atoms with van der Waals surface area (Å²) in [7, 11) is -3.10. The maximum Gasteiger partial charge on any atom is 0.387 e. The Morgan fingerprint density at radius 1 is 1.27 bits per heavy atom. The number of hydrogen-bond donors (Lipinski definition) is 1. The second-order valence-electron chi connectivity index (χ2n) is 6.25. The lowest BCUT2D eigenvalue weighted by Crippen LogP contribution is -2.46. The van der Waals surface area contributed by atoms with Gasteiger partial charge in [-0.25, -0.2) is 8.42 Å². The van der Waals surface area contributed by atoms with Crippen LogP contribution in [-0.2, 0) is 16.3 Å². The number of aliphatic hydroxyl groups is 1. The van der Waals surface area contributed by atoms with Crippen molar-refractivity contribution in [3.05, 3.63) is 29.8 Å². The first-order valence-electron chi connectivity index (χ1n) is 7.27. The smallest absolute Gasteiger partial charge is 0.387 e. The van der Waals surface area contributed by atoms with Crippen molar-refractivity contribution >= 4 is 9.84 Å². The number of ether oxygens (including phenoxy) is 1. The molecule has 1 aromatic carbocycles. The zero-order valence-electron chi connectivity index (χ0n) is 11.9. The van der Waals surface area contributed by atoms with E-state index in [1.807, 2.05) is 0 Å². The Morgan fingerprint density at radius 3 is 2.50 bits per heavy atom. The molecule has 0 radical (unpaired) electrons. The van der Waals surface area contributed by atoms with Gasteiger partial charge in [0.1, 0.15) is 5.75 Å². The van der Waals surface area contributed by atoms with E-state index in [2.05, 4.69) is 4.74 Å². The topological polar surface area (TPSA) is 63.6 Å². The molecular formula is C15H18F2O4S. The van der Waals surface area contributed by atoms with E-state index in [1.54, 1.807) is 12.1 Å². The lowest BCUT2D eigenvalue weighted by atomic mass is 9.87. The SMILES string of the molecule is O=S1(=O)C2CCC1CC(O)(Cc1cccc(OC(F)F)c1)C2. The molecule has 0 spiro atoms. The molecule has 2 saturated heterocycles. The summed E-state index contributed by atoms with van der Waals surface area (Å²) in [6.07, 6.45) is 1.88. The summed E-state index contributed by atoms with van der Waals surface area (Å²) < 4.78 is 53.0. The first-order chi connectivity index (χ1) is 10.3. The molecule has 2 aliphatic heterocycles. The van der Waals surface area contributed by atoms with Gasteiger partial charge in [0.15, 0.2) is 9.84 Å². The Kier molecular flexibility index (Phi) is 3.89. The van der Waals surface area contributed by atoms with Gasteiger partial charge in [0.25, 0.3) is 0 Å². The highest BCUT2D eigenvalue weighted by Gasteiger charge is 2.52. The molecule has 2 bridgehead atoms. The summed E-state index contributed by atoms with van der Waals surface area (Å²) in [5, 5.41) is 9.81. The van der Waals surface area contributed by atoms with Crippen molar-refractivity contribution in [2.45, 2.75) is 54.8 Å². The number of alkyl halides is 2. The highest BCUT2D eigenvalue weighted by molar-refractivity contribution is 7.93. The van der Waals surface area contributed by atoms with Crippen molar-refractivity contribution in [2.75, 3.05) is 0 Å². The molecule has 2 atom stereocenters. The van der Waals surface area contributed by atoms with Gasteiger partial charge in [0.05, 0.1) is 16.1 Å². The minimum absolute atomic E-state index is 0.0440. The second-order valence-corrected chi connectivity index (χ2v) is 8.76. The molecule has 1 aromatic rings. The van der Waals surface area contributed by atoms with Gasteiger partial charge in [-0.05, 0) is 43.4 Å². The molecule has 0 saturated carbocycles. The first-order valence-corrected chi connectivity index (χ1v) is 8.88. The summed E-state index contributed by atoms with van der Waals surface area (Å²) in [6.45, 7) is -2.89. The van der Waals surface area contributed by atoms with Gasteiger partial charge in [-0.3, -0.25) is 0 Å². The van der Waals surface area contributed by atoms with Crippen LogP contribution in [0.2, 0.25) is 0 Å². The third-order valence-electron chi connectivity index (χ3n) is 4.61. The van der Waals surface area contributed by atoms with Crippen molar-refractivity contribution in [3.8, 4) is 5.75 Å². The molecular weight excluding hydrogens is 314 g/mol. The fourth-order valence-corrected chi connectivity index (χ4v) is 6.25. The van der Waals surface area contributed by atoms with E-state index in [4.69, 9.17) is 0 Å². The van der Waals surface area contributed by atoms with Gasteiger partial charge in [0.2, 0.25) is 0 Å². The van der Waals surface area contributed by atoms with Crippen LogP contribution in [0.3, 0.4) is 0 Å². The van der Waals surface area contributed by atoms with E-state index in [0.717, 1.165) is 0 Å². The van der Waals surface area contributed by atoms with Crippen LogP contribution in [0, 0.1) is 0 Å². The Balaban J connectivity index is 1.76. The second kappa shape index (κ2) is 5.45. The maximum atomic E-state index is 12.2. The van der Waals surface area contributed by atoms with Crippen molar-refractivity contribution in [1.82, 2.24) is 0 Å². The monoisotopic (exact) mass is 332 g/mol. The molecule has 4 nitrogen and oxygen atoms in total. The summed E-state index contributed by atoms with van der Waals surface area (Å²) in [5.74, 6) is 0.0440. The fraction of sp³-hybridized carbons (Fsp3) is 0.600. The Hall–Kier alpha value is -1.21. The van der Waals surface area contributed by atoms with Gasteiger partial charge < -0.3 is 9.84 Å². The summed E-state index contributed by atoms with van der Waals surface area (Å²) in [4.78, 5) is 0. The number of hydrogen-bond acceptors (Lipinski definition) is 4. The minimum atomic E-state index is -3.10. The molecule has 7 heteroatoms. The quantitative estimate of drug-likeness (QED) is 0.919. The van der Waals surface area contributed by atoms with Crippen molar-refractivity contribution < 1.29 is 27.0 Å². The van der Waals surface area contributed by atoms with Gasteiger partial charge >= 0.3 is 6.61 Å². The molecule has 0 amide bonds. The van der Waals surface area contributed by atoms with Crippen LogP contribution in [0.4, 0.5) is 8.78 Å². The van der Waals surface area contributed by atoms with E-state index in [0.29, 0.717) is 18.4 Å². The zero-order valence-corrected chi connectivity index (χ0v) is 12.7. The maximum absolute atomic E-state index is 12.2. The molecule has 2 aliphatic rings. The van der Waals surface area contributed by atoms with Crippen molar-refractivity contribution in [1.29, 1.82) is 0 Å². The Morgan fingerprint density at radius 2 is 1.91 bits per heavy atom. The summed E-state index contributed by atoms with van der Waals surface area (Å²) >= 11 is 0. The Labute approximate surface area is 128 Å². The van der Waals surface area contributed by atoms with E-state index in [9.17, 15) is 22.3 Å². The molecule has 122 valence electrons. The number of sulfone groups is 1. The van der Waals surface area contributed by atoms with Crippen LogP contribution in [0.25, 0.3) is 0 Å². The molecule has 0 aliphatic carbocycles. The van der Waals surface area contributed by atoms with Crippen LogP contribution in [0.1, 0.15) is 31.2 Å². The van der Waals surface area contributed by atoms with Crippen molar-refractivity contribution in [2.24, 2.45) is 0 Å². The Bertz CT molecular complexity index is 639. The van der Waals surface area contributed by atoms with E-state index in [1.165, 1.54) is 12.1 Å². The first kappa shape index (κ1) is 15.7. The molecule has 2 heterocycles. The average molecular weight is 332 g/mol. The zero-order chi connectivity index (χ0) is 16.0. The third-order valence-corrected chi connectivity index (χ3v) is 7.28. The van der Waals surface area contributed by atoms with E-state index >= 15 is 0 Å². The third kappa shape index (κ3) is 2.96. The van der Waals surface area contributed by atoms with Gasteiger partial charge in [-0.2, -0.15) is 8.78 Å². The highest BCUT2D eigenvalue weighted by Crippen LogP contribution is 2.44. The molecule has 2 fully saturated rings. The molecule has 2 unspecified atom stereocenters. The van der Waals surface area contributed by atoms with Crippen LogP contribution in [0.15, 0.2) is 24.3 Å². The summed E-state index contributed by atoms with van der Waals surface area (Å²) in [6, 6.07) is 6.20. The number of fused-ring (bicyclic) bond motifs is 2. The summed E-state index contributed by atoms with van der Waals surface area (Å²) in [5.41, 5.74) is -0.431. The highest BCUT2D eigenvalue weighted by atomic mass is 32.2. The fourth-order valence-electron chi connectivity index (χ4n) is 3.70. The largest absolute Gasteiger partial charge is 0.435 e. The van der Waals surface area contributed by atoms with Crippen molar-refractivity contribution in [3.63, 3.8) is 0 Å². The molecule has 22 heavy (non-hydrogen) atoms. The van der Waals surface area contributed by atoms with Crippen LogP contribution in [-0.4, -0.2) is 36.2 Å². The predicted molar refractivity (Wildman–Crippen MR) is 76.7 cm³/mol. The average Bonchev–Trinajstić information content (AvgIpc) is 2.58. The minimum Gasteiger partial charge on any atom is -0.435 e. The lowest BCUT2D eigenvalue weighted by molar-refractivity contribution is -0.0499. The van der Waals surface area contributed by atoms with E-state index < -0.39 is 32.5 Å².